The predicted molar refractivity (Wildman–Crippen MR) is 80.6 cm³/mol. The van der Waals surface area contributed by atoms with E-state index in [4.69, 9.17) is 10.5 Å². The van der Waals surface area contributed by atoms with Gasteiger partial charge in [0, 0.05) is 23.8 Å². The fourth-order valence-corrected chi connectivity index (χ4v) is 2.03. The summed E-state index contributed by atoms with van der Waals surface area (Å²) < 4.78 is 7.82. The summed E-state index contributed by atoms with van der Waals surface area (Å²) in [4.78, 5) is 0. The normalized spacial score (nSPS) is 12.7. The van der Waals surface area contributed by atoms with Gasteiger partial charge in [-0.25, -0.2) is 0 Å². The Morgan fingerprint density at radius 1 is 1.25 bits per heavy atom. The quantitative estimate of drug-likeness (QED) is 0.877. The van der Waals surface area contributed by atoms with Crippen LogP contribution in [0.3, 0.4) is 0 Å². The third kappa shape index (κ3) is 3.39. The molecule has 0 saturated heterocycles. The topological polar surface area (TPSA) is 53.1 Å². The molecule has 0 aliphatic rings. The Hall–Kier alpha value is -1.81. The molecule has 2 rings (SSSR count). The molecule has 0 spiro atoms. The lowest BCUT2D eigenvalue weighted by Crippen LogP contribution is -2.11. The third-order valence-electron chi connectivity index (χ3n) is 3.33. The minimum atomic E-state index is 0.0134. The largest absolute Gasteiger partial charge is 0.487 e. The molecule has 0 fully saturated rings. The highest BCUT2D eigenvalue weighted by atomic mass is 16.5. The second-order valence-corrected chi connectivity index (χ2v) is 5.22. The minimum Gasteiger partial charge on any atom is -0.487 e. The standard InChI is InChI=1S/C16H23N3O/c1-4-15(17)14-7-5-6-8-16(14)20-11-13-9-10-19(18-13)12(2)3/h5-10,12,15H,4,11,17H2,1-3H3/t15-/m1/s1. The van der Waals surface area contributed by atoms with Crippen LogP contribution in [0.1, 0.15) is 50.5 Å². The van der Waals surface area contributed by atoms with Gasteiger partial charge in [0.2, 0.25) is 0 Å². The van der Waals surface area contributed by atoms with Gasteiger partial charge in [-0.15, -0.1) is 0 Å². The number of rotatable bonds is 6. The summed E-state index contributed by atoms with van der Waals surface area (Å²) in [7, 11) is 0. The van der Waals surface area contributed by atoms with Crippen LogP contribution in [0.4, 0.5) is 0 Å². The van der Waals surface area contributed by atoms with E-state index in [-0.39, 0.29) is 6.04 Å². The highest BCUT2D eigenvalue weighted by Gasteiger charge is 2.10. The molecule has 0 aliphatic heterocycles. The molecule has 0 bridgehead atoms. The van der Waals surface area contributed by atoms with Crippen molar-refractivity contribution in [2.45, 2.75) is 45.9 Å². The molecule has 20 heavy (non-hydrogen) atoms. The van der Waals surface area contributed by atoms with E-state index in [0.717, 1.165) is 23.4 Å². The van der Waals surface area contributed by atoms with Crippen LogP contribution in [0.5, 0.6) is 5.75 Å². The molecule has 1 heterocycles. The van der Waals surface area contributed by atoms with E-state index in [0.29, 0.717) is 12.6 Å². The summed E-state index contributed by atoms with van der Waals surface area (Å²) in [5.41, 5.74) is 8.09. The zero-order valence-electron chi connectivity index (χ0n) is 12.4. The number of aromatic nitrogens is 2. The SMILES string of the molecule is CC[C@@H](N)c1ccccc1OCc1ccn(C(C)C)n1. The fourth-order valence-electron chi connectivity index (χ4n) is 2.03. The molecule has 108 valence electrons. The summed E-state index contributed by atoms with van der Waals surface area (Å²) in [5.74, 6) is 0.848. The van der Waals surface area contributed by atoms with Gasteiger partial charge in [-0.1, -0.05) is 25.1 Å². The smallest absolute Gasteiger partial charge is 0.132 e. The summed E-state index contributed by atoms with van der Waals surface area (Å²) in [5, 5.41) is 4.48. The first-order chi connectivity index (χ1) is 9.61. The maximum Gasteiger partial charge on any atom is 0.132 e. The lowest BCUT2D eigenvalue weighted by atomic mass is 10.0. The van der Waals surface area contributed by atoms with Crippen molar-refractivity contribution < 1.29 is 4.74 Å². The van der Waals surface area contributed by atoms with Gasteiger partial charge < -0.3 is 10.5 Å². The van der Waals surface area contributed by atoms with Crippen molar-refractivity contribution in [3.63, 3.8) is 0 Å². The Balaban J connectivity index is 2.06. The van der Waals surface area contributed by atoms with Gasteiger partial charge in [-0.2, -0.15) is 5.10 Å². The first kappa shape index (κ1) is 14.6. The molecular formula is C16H23N3O. The number of hydrogen-bond acceptors (Lipinski definition) is 3. The molecule has 0 radical (unpaired) electrons. The van der Waals surface area contributed by atoms with Crippen LogP contribution in [-0.2, 0) is 6.61 Å². The van der Waals surface area contributed by atoms with Gasteiger partial charge in [0.1, 0.15) is 12.4 Å². The Kier molecular flexibility index (Phi) is 4.79. The van der Waals surface area contributed by atoms with Crippen LogP contribution < -0.4 is 10.5 Å². The van der Waals surface area contributed by atoms with Crippen LogP contribution in [-0.4, -0.2) is 9.78 Å². The lowest BCUT2D eigenvalue weighted by molar-refractivity contribution is 0.293. The van der Waals surface area contributed by atoms with E-state index in [9.17, 15) is 0 Å². The summed E-state index contributed by atoms with van der Waals surface area (Å²) >= 11 is 0. The molecular weight excluding hydrogens is 250 g/mol. The average molecular weight is 273 g/mol. The van der Waals surface area contributed by atoms with Crippen molar-refractivity contribution in [1.82, 2.24) is 9.78 Å². The maximum absolute atomic E-state index is 6.11. The minimum absolute atomic E-state index is 0.0134. The van der Waals surface area contributed by atoms with E-state index < -0.39 is 0 Å². The van der Waals surface area contributed by atoms with Gasteiger partial charge in [0.15, 0.2) is 0 Å². The van der Waals surface area contributed by atoms with Crippen LogP contribution in [0, 0.1) is 0 Å². The van der Waals surface area contributed by atoms with Gasteiger partial charge in [0.05, 0.1) is 5.69 Å². The second kappa shape index (κ2) is 6.57. The average Bonchev–Trinajstić information content (AvgIpc) is 2.93. The van der Waals surface area contributed by atoms with Crippen molar-refractivity contribution in [2.24, 2.45) is 5.73 Å². The Morgan fingerprint density at radius 2 is 2.00 bits per heavy atom. The van der Waals surface area contributed by atoms with Gasteiger partial charge >= 0.3 is 0 Å². The maximum atomic E-state index is 6.11. The molecule has 2 N–H and O–H groups in total. The molecule has 2 aromatic rings. The zero-order valence-corrected chi connectivity index (χ0v) is 12.4. The lowest BCUT2D eigenvalue weighted by Gasteiger charge is -2.15. The highest BCUT2D eigenvalue weighted by molar-refractivity contribution is 5.35. The van der Waals surface area contributed by atoms with E-state index >= 15 is 0 Å². The molecule has 4 nitrogen and oxygen atoms in total. The highest BCUT2D eigenvalue weighted by Crippen LogP contribution is 2.26. The number of nitrogens with two attached hydrogens (primary N) is 1. The number of ether oxygens (including phenoxy) is 1. The van der Waals surface area contributed by atoms with Crippen molar-refractivity contribution >= 4 is 0 Å². The predicted octanol–water partition coefficient (Wildman–Crippen LogP) is 3.45. The molecule has 1 aromatic heterocycles. The second-order valence-electron chi connectivity index (χ2n) is 5.22. The zero-order chi connectivity index (χ0) is 14.5. The summed E-state index contributed by atoms with van der Waals surface area (Å²) in [6, 6.07) is 10.3. The number of para-hydroxylation sites is 1. The molecule has 0 unspecified atom stereocenters. The van der Waals surface area contributed by atoms with E-state index in [2.05, 4.69) is 25.9 Å². The first-order valence-electron chi connectivity index (χ1n) is 7.13. The Bertz CT molecular complexity index is 548. The van der Waals surface area contributed by atoms with Crippen molar-refractivity contribution in [2.75, 3.05) is 0 Å². The van der Waals surface area contributed by atoms with Crippen LogP contribution in [0.25, 0.3) is 0 Å². The van der Waals surface area contributed by atoms with Crippen molar-refractivity contribution in [1.29, 1.82) is 0 Å². The third-order valence-corrected chi connectivity index (χ3v) is 3.33. The molecule has 1 atom stereocenters. The van der Waals surface area contributed by atoms with Crippen molar-refractivity contribution in [3.05, 3.63) is 47.8 Å². The first-order valence-corrected chi connectivity index (χ1v) is 7.13. The van der Waals surface area contributed by atoms with Crippen LogP contribution in [0.15, 0.2) is 36.5 Å². The molecule has 0 aliphatic carbocycles. The Labute approximate surface area is 120 Å². The number of nitrogens with zero attached hydrogens (tertiary/aromatic N) is 2. The molecule has 4 heteroatoms. The van der Waals surface area contributed by atoms with E-state index in [1.807, 2.05) is 41.2 Å². The molecule has 1 aromatic carbocycles. The monoisotopic (exact) mass is 273 g/mol. The van der Waals surface area contributed by atoms with Crippen LogP contribution in [0.2, 0.25) is 0 Å². The van der Waals surface area contributed by atoms with Gasteiger partial charge in [0.25, 0.3) is 0 Å². The van der Waals surface area contributed by atoms with Gasteiger partial charge in [-0.05, 0) is 32.4 Å². The summed E-state index contributed by atoms with van der Waals surface area (Å²) in [6.45, 7) is 6.75. The Morgan fingerprint density at radius 3 is 2.65 bits per heavy atom. The van der Waals surface area contributed by atoms with Crippen LogP contribution >= 0.6 is 0 Å². The molecule has 0 amide bonds. The van der Waals surface area contributed by atoms with E-state index in [1.54, 1.807) is 0 Å². The fraction of sp³-hybridized carbons (Fsp3) is 0.438. The number of hydrogen-bond donors (Lipinski definition) is 1. The summed E-state index contributed by atoms with van der Waals surface area (Å²) in [6.07, 6.45) is 2.87. The van der Waals surface area contributed by atoms with E-state index in [1.165, 1.54) is 0 Å². The molecule has 0 saturated carbocycles. The number of benzene rings is 1. The van der Waals surface area contributed by atoms with Gasteiger partial charge in [-0.3, -0.25) is 4.68 Å². The van der Waals surface area contributed by atoms with Crippen molar-refractivity contribution in [3.8, 4) is 5.75 Å².